The van der Waals surface area contributed by atoms with Gasteiger partial charge in [-0.3, -0.25) is 9.48 Å². The fourth-order valence-electron chi connectivity index (χ4n) is 4.05. The van der Waals surface area contributed by atoms with E-state index in [9.17, 15) is 9.59 Å². The number of ether oxygens (including phenoxy) is 2. The number of fused-ring (bicyclic) bond motifs is 1. The Bertz CT molecular complexity index is 1320. The molecule has 0 amide bonds. The minimum atomic E-state index is -0.473. The van der Waals surface area contributed by atoms with E-state index in [4.69, 9.17) is 14.5 Å². The van der Waals surface area contributed by atoms with Gasteiger partial charge in [0.15, 0.2) is 0 Å². The van der Waals surface area contributed by atoms with E-state index in [1.54, 1.807) is 4.68 Å². The number of rotatable bonds is 9. The van der Waals surface area contributed by atoms with Crippen LogP contribution in [0.1, 0.15) is 58.1 Å². The Morgan fingerprint density at radius 2 is 1.91 bits per heavy atom. The summed E-state index contributed by atoms with van der Waals surface area (Å²) in [7, 11) is 1.35. The first kappa shape index (κ1) is 21.9. The summed E-state index contributed by atoms with van der Waals surface area (Å²) < 4.78 is 14.1. The molecular formula is C26H26N4O4. The van der Waals surface area contributed by atoms with E-state index in [2.05, 4.69) is 17.4 Å². The van der Waals surface area contributed by atoms with Crippen molar-refractivity contribution in [3.63, 3.8) is 0 Å². The van der Waals surface area contributed by atoms with Crippen LogP contribution >= 0.6 is 0 Å². The molecule has 1 saturated carbocycles. The molecule has 34 heavy (non-hydrogen) atoms. The van der Waals surface area contributed by atoms with Crippen molar-refractivity contribution >= 4 is 17.6 Å². The van der Waals surface area contributed by atoms with Crippen LogP contribution in [-0.4, -0.2) is 38.2 Å². The standard InChI is InChI=1S/C26H26N4O4/c1-33-25(31)12-10-23-22(26(32)34-17-18-5-3-2-4-6-18)13-27-30(23)16-21-15-29-14-20(19-7-8-19)9-11-24(29)28-21/h2-6,9,11,13-15,19H,7-8,10,12,16-17H2,1H3. The molecule has 0 spiro atoms. The van der Waals surface area contributed by atoms with Gasteiger partial charge in [-0.05, 0) is 36.0 Å². The van der Waals surface area contributed by atoms with Crippen LogP contribution in [0.15, 0.2) is 61.1 Å². The fraction of sp³-hybridized carbons (Fsp3) is 0.308. The van der Waals surface area contributed by atoms with Gasteiger partial charge in [0, 0.05) is 18.8 Å². The van der Waals surface area contributed by atoms with Crippen LogP contribution in [0.5, 0.6) is 0 Å². The van der Waals surface area contributed by atoms with E-state index >= 15 is 0 Å². The van der Waals surface area contributed by atoms with Crippen molar-refractivity contribution in [3.05, 3.63) is 89.1 Å². The van der Waals surface area contributed by atoms with Crippen LogP contribution in [0.2, 0.25) is 0 Å². The number of benzene rings is 1. The highest BCUT2D eigenvalue weighted by atomic mass is 16.5. The van der Waals surface area contributed by atoms with Gasteiger partial charge < -0.3 is 13.9 Å². The van der Waals surface area contributed by atoms with Gasteiger partial charge in [-0.25, -0.2) is 9.78 Å². The molecule has 8 heteroatoms. The minimum absolute atomic E-state index is 0.136. The summed E-state index contributed by atoms with van der Waals surface area (Å²) in [6.07, 6.45) is 8.55. The second kappa shape index (κ2) is 9.51. The van der Waals surface area contributed by atoms with Crippen LogP contribution in [0.25, 0.3) is 5.65 Å². The van der Waals surface area contributed by atoms with E-state index < -0.39 is 5.97 Å². The first-order valence-corrected chi connectivity index (χ1v) is 11.4. The highest BCUT2D eigenvalue weighted by molar-refractivity contribution is 5.90. The lowest BCUT2D eigenvalue weighted by Crippen LogP contribution is -2.13. The number of aromatic nitrogens is 4. The molecule has 8 nitrogen and oxygen atoms in total. The van der Waals surface area contributed by atoms with Crippen LogP contribution < -0.4 is 0 Å². The first-order valence-electron chi connectivity index (χ1n) is 11.4. The Balaban J connectivity index is 1.37. The predicted octanol–water partition coefficient (Wildman–Crippen LogP) is 3.92. The van der Waals surface area contributed by atoms with Crippen molar-refractivity contribution in [1.29, 1.82) is 0 Å². The number of carbonyl (C=O) groups is 2. The van der Waals surface area contributed by atoms with Gasteiger partial charge in [-0.15, -0.1) is 0 Å². The maximum Gasteiger partial charge on any atom is 0.341 e. The van der Waals surface area contributed by atoms with Crippen LogP contribution in [-0.2, 0) is 33.8 Å². The lowest BCUT2D eigenvalue weighted by Gasteiger charge is -2.09. The molecule has 0 unspecified atom stereocenters. The summed E-state index contributed by atoms with van der Waals surface area (Å²) in [5, 5.41) is 4.43. The van der Waals surface area contributed by atoms with Crippen LogP contribution in [0, 0.1) is 0 Å². The molecule has 1 fully saturated rings. The quantitative estimate of drug-likeness (QED) is 0.353. The third kappa shape index (κ3) is 4.85. The Kier molecular flexibility index (Phi) is 6.12. The molecule has 0 radical (unpaired) electrons. The minimum Gasteiger partial charge on any atom is -0.469 e. The third-order valence-electron chi connectivity index (χ3n) is 6.06. The maximum absolute atomic E-state index is 12.9. The third-order valence-corrected chi connectivity index (χ3v) is 6.06. The number of methoxy groups -OCH3 is 1. The topological polar surface area (TPSA) is 87.7 Å². The first-order chi connectivity index (χ1) is 16.6. The number of imidazole rings is 1. The van der Waals surface area contributed by atoms with Crippen molar-refractivity contribution < 1.29 is 19.1 Å². The molecule has 1 aliphatic rings. The highest BCUT2D eigenvalue weighted by Crippen LogP contribution is 2.39. The summed E-state index contributed by atoms with van der Waals surface area (Å²) in [5.74, 6) is -0.161. The van der Waals surface area contributed by atoms with Crippen molar-refractivity contribution in [2.75, 3.05) is 7.11 Å². The molecule has 0 atom stereocenters. The number of pyridine rings is 1. The summed E-state index contributed by atoms with van der Waals surface area (Å²) >= 11 is 0. The molecule has 4 aromatic rings. The zero-order valence-electron chi connectivity index (χ0n) is 19.0. The van der Waals surface area contributed by atoms with E-state index in [1.807, 2.05) is 47.0 Å². The monoisotopic (exact) mass is 458 g/mol. The van der Waals surface area contributed by atoms with Crippen molar-refractivity contribution in [2.45, 2.75) is 44.8 Å². The second-order valence-electron chi connectivity index (χ2n) is 8.53. The normalized spacial score (nSPS) is 13.2. The molecular weight excluding hydrogens is 432 g/mol. The van der Waals surface area contributed by atoms with E-state index in [0.29, 0.717) is 30.1 Å². The number of hydrogen-bond donors (Lipinski definition) is 0. The van der Waals surface area contributed by atoms with Gasteiger partial charge in [-0.2, -0.15) is 5.10 Å². The summed E-state index contributed by atoms with van der Waals surface area (Å²) in [6.45, 7) is 0.542. The van der Waals surface area contributed by atoms with Crippen molar-refractivity contribution in [1.82, 2.24) is 19.2 Å². The molecule has 5 rings (SSSR count). The summed E-state index contributed by atoms with van der Waals surface area (Å²) in [5.41, 5.74) is 4.89. The summed E-state index contributed by atoms with van der Waals surface area (Å²) in [6, 6.07) is 13.7. The van der Waals surface area contributed by atoms with Gasteiger partial charge in [0.2, 0.25) is 0 Å². The molecule has 174 valence electrons. The Hall–Kier alpha value is -3.94. The molecule has 1 aromatic carbocycles. The summed E-state index contributed by atoms with van der Waals surface area (Å²) in [4.78, 5) is 29.4. The smallest absolute Gasteiger partial charge is 0.341 e. The van der Waals surface area contributed by atoms with E-state index in [-0.39, 0.29) is 19.0 Å². The van der Waals surface area contributed by atoms with Crippen molar-refractivity contribution in [3.8, 4) is 0 Å². The molecule has 3 heterocycles. The number of hydrogen-bond acceptors (Lipinski definition) is 6. The maximum atomic E-state index is 12.9. The van der Waals surface area contributed by atoms with Gasteiger partial charge in [0.25, 0.3) is 0 Å². The van der Waals surface area contributed by atoms with Gasteiger partial charge >= 0.3 is 11.9 Å². The van der Waals surface area contributed by atoms with E-state index in [1.165, 1.54) is 31.7 Å². The number of nitrogens with zero attached hydrogens (tertiary/aromatic N) is 4. The molecule has 3 aromatic heterocycles. The largest absolute Gasteiger partial charge is 0.469 e. The highest BCUT2D eigenvalue weighted by Gasteiger charge is 2.24. The molecule has 0 N–H and O–H groups in total. The zero-order valence-corrected chi connectivity index (χ0v) is 19.0. The Labute approximate surface area is 197 Å². The lowest BCUT2D eigenvalue weighted by molar-refractivity contribution is -0.140. The lowest BCUT2D eigenvalue weighted by atomic mass is 10.1. The Morgan fingerprint density at radius 1 is 1.09 bits per heavy atom. The molecule has 1 aliphatic carbocycles. The number of esters is 2. The van der Waals surface area contributed by atoms with E-state index in [0.717, 1.165) is 16.9 Å². The van der Waals surface area contributed by atoms with Crippen LogP contribution in [0.3, 0.4) is 0 Å². The Morgan fingerprint density at radius 3 is 2.68 bits per heavy atom. The zero-order chi connectivity index (χ0) is 23.5. The second-order valence-corrected chi connectivity index (χ2v) is 8.53. The number of carbonyl (C=O) groups excluding carboxylic acids is 2. The SMILES string of the molecule is COC(=O)CCc1c(C(=O)OCc2ccccc2)cnn1Cc1cn2cc(C3CC3)ccc2n1. The molecule has 0 aliphatic heterocycles. The predicted molar refractivity (Wildman–Crippen MR) is 124 cm³/mol. The average molecular weight is 459 g/mol. The van der Waals surface area contributed by atoms with Crippen LogP contribution in [0.4, 0.5) is 0 Å². The van der Waals surface area contributed by atoms with Gasteiger partial charge in [0.05, 0.1) is 37.7 Å². The fourth-order valence-corrected chi connectivity index (χ4v) is 4.05. The van der Waals surface area contributed by atoms with Gasteiger partial charge in [0.1, 0.15) is 17.8 Å². The molecule has 0 saturated heterocycles. The average Bonchev–Trinajstić information content (AvgIpc) is 3.52. The van der Waals surface area contributed by atoms with Crippen molar-refractivity contribution in [2.24, 2.45) is 0 Å². The van der Waals surface area contributed by atoms with Gasteiger partial charge in [-0.1, -0.05) is 36.4 Å². The molecule has 0 bridgehead atoms.